The highest BCUT2D eigenvalue weighted by molar-refractivity contribution is 5.77. The summed E-state index contributed by atoms with van der Waals surface area (Å²) in [5.41, 5.74) is 0.610. The molecule has 0 fully saturated rings. The van der Waals surface area contributed by atoms with Crippen LogP contribution in [0.3, 0.4) is 0 Å². The molecule has 1 aromatic heterocycles. The smallest absolute Gasteiger partial charge is 0.226 e. The van der Waals surface area contributed by atoms with E-state index in [2.05, 4.69) is 10.3 Å². The van der Waals surface area contributed by atoms with E-state index in [1.165, 1.54) is 12.7 Å². The number of aromatic nitrogens is 1. The Labute approximate surface area is 116 Å². The first-order chi connectivity index (χ1) is 9.78. The summed E-state index contributed by atoms with van der Waals surface area (Å²) in [4.78, 5) is 15.4. The van der Waals surface area contributed by atoms with E-state index in [4.69, 9.17) is 13.9 Å². The molecule has 20 heavy (non-hydrogen) atoms. The molecule has 0 spiro atoms. The third-order valence-corrected chi connectivity index (χ3v) is 2.58. The van der Waals surface area contributed by atoms with Gasteiger partial charge in [-0.3, -0.25) is 4.79 Å². The molecule has 0 aliphatic heterocycles. The summed E-state index contributed by atoms with van der Waals surface area (Å²) >= 11 is 0. The molecule has 1 amide bonds. The second-order valence-corrected chi connectivity index (χ2v) is 4.03. The van der Waals surface area contributed by atoms with Crippen LogP contribution < -0.4 is 14.8 Å². The maximum Gasteiger partial charge on any atom is 0.226 e. The molecule has 0 aliphatic rings. The number of oxazole rings is 1. The molecular formula is C14H16N2O4. The van der Waals surface area contributed by atoms with E-state index in [1.54, 1.807) is 7.11 Å². The Morgan fingerprint density at radius 1 is 1.30 bits per heavy atom. The van der Waals surface area contributed by atoms with Gasteiger partial charge >= 0.3 is 0 Å². The number of benzene rings is 1. The lowest BCUT2D eigenvalue weighted by Crippen LogP contribution is -2.29. The first-order valence-corrected chi connectivity index (χ1v) is 6.18. The van der Waals surface area contributed by atoms with E-state index in [9.17, 15) is 4.79 Å². The van der Waals surface area contributed by atoms with E-state index < -0.39 is 0 Å². The van der Waals surface area contributed by atoms with Crippen LogP contribution in [0, 0.1) is 0 Å². The number of carbonyl (C=O) groups excluding carboxylic acids is 1. The maximum absolute atomic E-state index is 11.5. The maximum atomic E-state index is 11.5. The van der Waals surface area contributed by atoms with Gasteiger partial charge in [-0.2, -0.15) is 0 Å². The first-order valence-electron chi connectivity index (χ1n) is 6.18. The third-order valence-electron chi connectivity index (χ3n) is 2.58. The Bertz CT molecular complexity index is 523. The van der Waals surface area contributed by atoms with Crippen LogP contribution in [0.15, 0.2) is 41.3 Å². The minimum absolute atomic E-state index is 0.114. The number of rotatable bonds is 7. The van der Waals surface area contributed by atoms with Gasteiger partial charge in [-0.25, -0.2) is 4.98 Å². The summed E-state index contributed by atoms with van der Waals surface area (Å²) in [6.07, 6.45) is 2.96. The minimum atomic E-state index is -0.114. The fraction of sp³-hybridized carbons (Fsp3) is 0.286. The van der Waals surface area contributed by atoms with E-state index in [-0.39, 0.29) is 12.3 Å². The van der Waals surface area contributed by atoms with Gasteiger partial charge in [0.1, 0.15) is 24.4 Å². The number of methoxy groups -OCH3 is 1. The van der Waals surface area contributed by atoms with Gasteiger partial charge in [-0.1, -0.05) is 0 Å². The van der Waals surface area contributed by atoms with Gasteiger partial charge in [-0.15, -0.1) is 0 Å². The molecule has 0 unspecified atom stereocenters. The molecule has 106 valence electrons. The lowest BCUT2D eigenvalue weighted by molar-refractivity contribution is -0.120. The minimum Gasteiger partial charge on any atom is -0.497 e. The van der Waals surface area contributed by atoms with Crippen LogP contribution in [-0.2, 0) is 11.2 Å². The molecule has 6 nitrogen and oxygen atoms in total. The molecule has 0 atom stereocenters. The predicted octanol–water partition coefficient (Wildman–Crippen LogP) is 1.42. The number of hydrogen-bond donors (Lipinski definition) is 1. The van der Waals surface area contributed by atoms with Crippen molar-refractivity contribution in [1.29, 1.82) is 0 Å². The lowest BCUT2D eigenvalue weighted by atomic mass is 10.3. The SMILES string of the molecule is COc1ccc(OCCNC(=O)Cc2cocn2)cc1. The highest BCUT2D eigenvalue weighted by Crippen LogP contribution is 2.16. The van der Waals surface area contributed by atoms with Crippen molar-refractivity contribution >= 4 is 5.91 Å². The van der Waals surface area contributed by atoms with Crippen LogP contribution in [0.1, 0.15) is 5.69 Å². The van der Waals surface area contributed by atoms with Gasteiger partial charge in [0.2, 0.25) is 5.91 Å². The van der Waals surface area contributed by atoms with Crippen LogP contribution in [0.5, 0.6) is 11.5 Å². The summed E-state index contributed by atoms with van der Waals surface area (Å²) in [6, 6.07) is 7.27. The summed E-state index contributed by atoms with van der Waals surface area (Å²) < 4.78 is 15.3. The molecule has 2 aromatic rings. The average Bonchev–Trinajstić information content (AvgIpc) is 2.97. The largest absolute Gasteiger partial charge is 0.497 e. The fourth-order valence-corrected chi connectivity index (χ4v) is 1.58. The van der Waals surface area contributed by atoms with Crippen molar-refractivity contribution in [2.24, 2.45) is 0 Å². The molecule has 1 N–H and O–H groups in total. The Balaban J connectivity index is 1.64. The highest BCUT2D eigenvalue weighted by Gasteiger charge is 2.04. The summed E-state index contributed by atoms with van der Waals surface area (Å²) in [5.74, 6) is 1.40. The Hall–Kier alpha value is -2.50. The third kappa shape index (κ3) is 4.31. The van der Waals surface area contributed by atoms with Crippen LogP contribution in [0.2, 0.25) is 0 Å². The molecule has 0 aliphatic carbocycles. The summed E-state index contributed by atoms with van der Waals surface area (Å²) in [5, 5.41) is 2.74. The van der Waals surface area contributed by atoms with Crippen LogP contribution >= 0.6 is 0 Å². The van der Waals surface area contributed by atoms with Crippen molar-refractivity contribution < 1.29 is 18.7 Å². The number of nitrogens with one attached hydrogen (secondary N) is 1. The first kappa shape index (κ1) is 13.9. The summed E-state index contributed by atoms with van der Waals surface area (Å²) in [6.45, 7) is 0.833. The molecule has 6 heteroatoms. The van der Waals surface area contributed by atoms with Crippen molar-refractivity contribution in [1.82, 2.24) is 10.3 Å². The molecule has 0 bridgehead atoms. The molecule has 0 saturated carbocycles. The molecule has 0 saturated heterocycles. The molecule has 0 radical (unpaired) electrons. The molecule has 1 heterocycles. The van der Waals surface area contributed by atoms with Gasteiger partial charge in [0.25, 0.3) is 0 Å². The number of ether oxygens (including phenoxy) is 2. The van der Waals surface area contributed by atoms with Crippen LogP contribution in [0.4, 0.5) is 0 Å². The van der Waals surface area contributed by atoms with Gasteiger partial charge < -0.3 is 19.2 Å². The lowest BCUT2D eigenvalue weighted by Gasteiger charge is -2.08. The monoisotopic (exact) mass is 276 g/mol. The summed E-state index contributed by atoms with van der Waals surface area (Å²) in [7, 11) is 1.61. The topological polar surface area (TPSA) is 73.6 Å². The highest BCUT2D eigenvalue weighted by atomic mass is 16.5. The Morgan fingerprint density at radius 2 is 2.05 bits per heavy atom. The van der Waals surface area contributed by atoms with Crippen LogP contribution in [-0.4, -0.2) is 31.2 Å². The van der Waals surface area contributed by atoms with E-state index in [0.29, 0.717) is 18.8 Å². The zero-order valence-electron chi connectivity index (χ0n) is 11.2. The molecular weight excluding hydrogens is 260 g/mol. The number of carbonyl (C=O) groups is 1. The van der Waals surface area contributed by atoms with Crippen molar-refractivity contribution in [3.8, 4) is 11.5 Å². The zero-order chi connectivity index (χ0) is 14.2. The predicted molar refractivity (Wildman–Crippen MR) is 71.7 cm³/mol. The quantitative estimate of drug-likeness (QED) is 0.774. The Morgan fingerprint density at radius 3 is 2.70 bits per heavy atom. The van der Waals surface area contributed by atoms with E-state index >= 15 is 0 Å². The van der Waals surface area contributed by atoms with Gasteiger partial charge in [0, 0.05) is 0 Å². The normalized spacial score (nSPS) is 10.1. The molecule has 2 rings (SSSR count). The zero-order valence-corrected chi connectivity index (χ0v) is 11.2. The van der Waals surface area contributed by atoms with Crippen LogP contribution in [0.25, 0.3) is 0 Å². The molecule has 1 aromatic carbocycles. The second-order valence-electron chi connectivity index (χ2n) is 4.03. The van der Waals surface area contributed by atoms with Gasteiger partial charge in [0.05, 0.1) is 25.8 Å². The Kier molecular flexibility index (Phi) is 5.00. The number of hydrogen-bond acceptors (Lipinski definition) is 5. The fourth-order valence-electron chi connectivity index (χ4n) is 1.58. The number of amides is 1. The van der Waals surface area contributed by atoms with Gasteiger partial charge in [-0.05, 0) is 24.3 Å². The second kappa shape index (κ2) is 7.18. The standard InChI is InChI=1S/C14H16N2O4/c1-18-12-2-4-13(5-3-12)20-7-6-15-14(17)8-11-9-19-10-16-11/h2-5,9-10H,6-8H2,1H3,(H,15,17). The van der Waals surface area contributed by atoms with Crippen molar-refractivity contribution in [3.63, 3.8) is 0 Å². The van der Waals surface area contributed by atoms with Crippen molar-refractivity contribution in [2.75, 3.05) is 20.3 Å². The van der Waals surface area contributed by atoms with Gasteiger partial charge in [0.15, 0.2) is 6.39 Å². The van der Waals surface area contributed by atoms with E-state index in [0.717, 1.165) is 11.5 Å². The van der Waals surface area contributed by atoms with E-state index in [1.807, 2.05) is 24.3 Å². The van der Waals surface area contributed by atoms with Crippen molar-refractivity contribution in [2.45, 2.75) is 6.42 Å². The number of nitrogens with zero attached hydrogens (tertiary/aromatic N) is 1. The van der Waals surface area contributed by atoms with Crippen molar-refractivity contribution in [3.05, 3.63) is 42.6 Å². The average molecular weight is 276 g/mol.